The van der Waals surface area contributed by atoms with Crippen LogP contribution in [-0.4, -0.2) is 41.3 Å². The van der Waals surface area contributed by atoms with Crippen molar-refractivity contribution in [2.75, 3.05) is 25.1 Å². The first-order valence-electron chi connectivity index (χ1n) is 4.04. The third kappa shape index (κ3) is 1.89. The van der Waals surface area contributed by atoms with Crippen LogP contribution < -0.4 is 4.90 Å². The fourth-order valence-corrected chi connectivity index (χ4v) is 1.56. The van der Waals surface area contributed by atoms with E-state index in [1.54, 1.807) is 7.11 Å². The molecule has 0 radical (unpaired) electrons. The predicted molar refractivity (Wildman–Crippen MR) is 52.9 cm³/mol. The lowest BCUT2D eigenvalue weighted by molar-refractivity contribution is 0.0778. The first-order chi connectivity index (χ1) is 6.69. The van der Waals surface area contributed by atoms with Crippen molar-refractivity contribution in [3.8, 4) is 0 Å². The van der Waals surface area contributed by atoms with Crippen molar-refractivity contribution in [1.82, 2.24) is 15.0 Å². The van der Waals surface area contributed by atoms with E-state index in [-0.39, 0.29) is 16.7 Å². The fraction of sp³-hybridized carbons (Fsp3) is 0.571. The molecule has 0 saturated carbocycles. The van der Waals surface area contributed by atoms with E-state index in [0.29, 0.717) is 5.95 Å². The van der Waals surface area contributed by atoms with Crippen LogP contribution in [0.1, 0.15) is 0 Å². The molecule has 0 unspecified atom stereocenters. The standard InChI is InChI=1S/C7H8Cl2N4O/c1-14-4-2-13(3-4)7-11-5(8)10-6(9)12-7/h4H,2-3H2,1H3. The van der Waals surface area contributed by atoms with E-state index in [0.717, 1.165) is 13.1 Å². The Hall–Kier alpha value is -0.650. The summed E-state index contributed by atoms with van der Waals surface area (Å²) in [6, 6.07) is 0. The molecule has 1 aliphatic heterocycles. The first kappa shape index (κ1) is 9.89. The van der Waals surface area contributed by atoms with Gasteiger partial charge >= 0.3 is 0 Å². The molecule has 0 spiro atoms. The molecule has 1 fully saturated rings. The van der Waals surface area contributed by atoms with Gasteiger partial charge < -0.3 is 9.64 Å². The molecule has 7 heteroatoms. The quantitative estimate of drug-likeness (QED) is 0.765. The van der Waals surface area contributed by atoms with Gasteiger partial charge in [0.15, 0.2) is 0 Å². The zero-order valence-corrected chi connectivity index (χ0v) is 8.96. The van der Waals surface area contributed by atoms with Crippen molar-refractivity contribution in [3.63, 3.8) is 0 Å². The molecule has 1 aromatic rings. The number of aromatic nitrogens is 3. The van der Waals surface area contributed by atoms with Crippen LogP contribution in [-0.2, 0) is 4.74 Å². The molecule has 0 aliphatic carbocycles. The van der Waals surface area contributed by atoms with Gasteiger partial charge in [0.1, 0.15) is 0 Å². The summed E-state index contributed by atoms with van der Waals surface area (Å²) in [4.78, 5) is 13.5. The van der Waals surface area contributed by atoms with E-state index < -0.39 is 0 Å². The maximum absolute atomic E-state index is 5.64. The van der Waals surface area contributed by atoms with E-state index in [1.165, 1.54) is 0 Å². The monoisotopic (exact) mass is 234 g/mol. The average Bonchev–Trinajstić information content (AvgIpc) is 2.00. The number of hydrogen-bond acceptors (Lipinski definition) is 5. The summed E-state index contributed by atoms with van der Waals surface area (Å²) in [6.45, 7) is 1.51. The lowest BCUT2D eigenvalue weighted by Gasteiger charge is -2.37. The van der Waals surface area contributed by atoms with Crippen molar-refractivity contribution in [3.05, 3.63) is 10.6 Å². The number of anilines is 1. The van der Waals surface area contributed by atoms with Crippen LogP contribution in [0.25, 0.3) is 0 Å². The van der Waals surface area contributed by atoms with Gasteiger partial charge in [-0.15, -0.1) is 0 Å². The second-order valence-corrected chi connectivity index (χ2v) is 3.61. The Bertz CT molecular complexity index is 322. The summed E-state index contributed by atoms with van der Waals surface area (Å²) in [5, 5.41) is 0.224. The number of halogens is 2. The molecule has 0 aromatic carbocycles. The lowest BCUT2D eigenvalue weighted by Crippen LogP contribution is -2.52. The summed E-state index contributed by atoms with van der Waals surface area (Å²) in [5.41, 5.74) is 0. The van der Waals surface area contributed by atoms with E-state index in [1.807, 2.05) is 4.90 Å². The van der Waals surface area contributed by atoms with Crippen molar-refractivity contribution in [1.29, 1.82) is 0 Å². The fourth-order valence-electron chi connectivity index (χ4n) is 1.21. The van der Waals surface area contributed by atoms with Gasteiger partial charge in [-0.05, 0) is 23.2 Å². The highest BCUT2D eigenvalue weighted by atomic mass is 35.5. The van der Waals surface area contributed by atoms with Crippen molar-refractivity contribution in [2.24, 2.45) is 0 Å². The summed E-state index contributed by atoms with van der Waals surface area (Å²) < 4.78 is 5.12. The molecule has 1 aromatic heterocycles. The molecular formula is C7H8Cl2N4O. The Kier molecular flexibility index (Phi) is 2.71. The minimum absolute atomic E-state index is 0.112. The van der Waals surface area contributed by atoms with Gasteiger partial charge in [-0.1, -0.05) is 0 Å². The molecule has 2 rings (SSSR count). The summed E-state index contributed by atoms with van der Waals surface area (Å²) >= 11 is 11.3. The second-order valence-electron chi connectivity index (χ2n) is 2.94. The molecule has 2 heterocycles. The number of methoxy groups -OCH3 is 1. The Balaban J connectivity index is 2.10. The lowest BCUT2D eigenvalue weighted by atomic mass is 10.2. The Morgan fingerprint density at radius 2 is 1.79 bits per heavy atom. The Labute approximate surface area is 91.0 Å². The van der Waals surface area contributed by atoms with Gasteiger partial charge in [0.25, 0.3) is 0 Å². The van der Waals surface area contributed by atoms with Crippen molar-refractivity contribution >= 4 is 29.2 Å². The zero-order valence-electron chi connectivity index (χ0n) is 7.44. The molecular weight excluding hydrogens is 227 g/mol. The Morgan fingerprint density at radius 3 is 2.29 bits per heavy atom. The largest absolute Gasteiger partial charge is 0.378 e. The molecule has 0 atom stereocenters. The molecule has 1 saturated heterocycles. The summed E-state index contributed by atoms with van der Waals surface area (Å²) in [5.74, 6) is 0.503. The van der Waals surface area contributed by atoms with Crippen LogP contribution in [0, 0.1) is 0 Å². The normalized spacial score (nSPS) is 16.9. The first-order valence-corrected chi connectivity index (χ1v) is 4.79. The zero-order chi connectivity index (χ0) is 10.1. The third-order valence-corrected chi connectivity index (χ3v) is 2.37. The highest BCUT2D eigenvalue weighted by Gasteiger charge is 2.28. The van der Waals surface area contributed by atoms with Crippen molar-refractivity contribution < 1.29 is 4.74 Å². The van der Waals surface area contributed by atoms with Crippen LogP contribution in [0.4, 0.5) is 5.95 Å². The minimum atomic E-state index is 0.112. The van der Waals surface area contributed by atoms with Gasteiger partial charge in [0, 0.05) is 20.2 Å². The SMILES string of the molecule is COC1CN(c2nc(Cl)nc(Cl)n2)C1. The topological polar surface area (TPSA) is 51.1 Å². The van der Waals surface area contributed by atoms with Gasteiger partial charge in [0.2, 0.25) is 16.5 Å². The van der Waals surface area contributed by atoms with E-state index in [9.17, 15) is 0 Å². The number of rotatable bonds is 2. The van der Waals surface area contributed by atoms with Gasteiger partial charge in [0.05, 0.1) is 6.10 Å². The molecule has 0 N–H and O–H groups in total. The summed E-state index contributed by atoms with van der Waals surface area (Å²) in [6.07, 6.45) is 0.240. The predicted octanol–water partition coefficient (Wildman–Crippen LogP) is 1.01. The van der Waals surface area contributed by atoms with Crippen molar-refractivity contribution in [2.45, 2.75) is 6.10 Å². The smallest absolute Gasteiger partial charge is 0.231 e. The van der Waals surface area contributed by atoms with Crippen LogP contribution in [0.5, 0.6) is 0 Å². The van der Waals surface area contributed by atoms with Crippen LogP contribution in [0.2, 0.25) is 10.6 Å². The second kappa shape index (κ2) is 3.84. The van der Waals surface area contributed by atoms with Crippen LogP contribution >= 0.6 is 23.2 Å². The molecule has 0 amide bonds. The maximum atomic E-state index is 5.64. The van der Waals surface area contributed by atoms with E-state index in [2.05, 4.69) is 15.0 Å². The van der Waals surface area contributed by atoms with Gasteiger partial charge in [-0.3, -0.25) is 0 Å². The molecule has 1 aliphatic rings. The van der Waals surface area contributed by atoms with Gasteiger partial charge in [-0.2, -0.15) is 15.0 Å². The molecule has 76 valence electrons. The third-order valence-electron chi connectivity index (χ3n) is 2.03. The highest BCUT2D eigenvalue weighted by Crippen LogP contribution is 2.20. The summed E-state index contributed by atoms with van der Waals surface area (Å²) in [7, 11) is 1.68. The number of hydrogen-bond donors (Lipinski definition) is 0. The Morgan fingerprint density at radius 1 is 1.21 bits per heavy atom. The van der Waals surface area contributed by atoms with Gasteiger partial charge in [-0.25, -0.2) is 0 Å². The van der Waals surface area contributed by atoms with E-state index in [4.69, 9.17) is 27.9 Å². The van der Waals surface area contributed by atoms with Crippen LogP contribution in [0.15, 0.2) is 0 Å². The van der Waals surface area contributed by atoms with E-state index >= 15 is 0 Å². The molecule has 5 nitrogen and oxygen atoms in total. The molecule has 0 bridgehead atoms. The number of ether oxygens (including phenoxy) is 1. The highest BCUT2D eigenvalue weighted by molar-refractivity contribution is 6.31. The average molecular weight is 235 g/mol. The number of nitrogens with zero attached hydrogens (tertiary/aromatic N) is 4. The maximum Gasteiger partial charge on any atom is 0.231 e. The molecule has 14 heavy (non-hydrogen) atoms. The van der Waals surface area contributed by atoms with Crippen LogP contribution in [0.3, 0.4) is 0 Å². The minimum Gasteiger partial charge on any atom is -0.378 e.